The van der Waals surface area contributed by atoms with Gasteiger partial charge in [-0.1, -0.05) is 84.0 Å². The van der Waals surface area contributed by atoms with Gasteiger partial charge in [0.2, 0.25) is 0 Å². The fourth-order valence-electron chi connectivity index (χ4n) is 2.78. The zero-order valence-electron chi connectivity index (χ0n) is 19.6. The minimum Gasteiger partial charge on any atom is -0.344 e. The Hall–Kier alpha value is 0.360. The topological polar surface area (TPSA) is 38.2 Å². The van der Waals surface area contributed by atoms with Crippen LogP contribution < -0.4 is 6.15 Å². The highest BCUT2D eigenvalue weighted by atomic mass is 79.9. The van der Waals surface area contributed by atoms with Crippen LogP contribution in [0.15, 0.2) is 0 Å². The molecule has 0 aliphatic rings. The summed E-state index contributed by atoms with van der Waals surface area (Å²) in [7, 11) is 12.9. The van der Waals surface area contributed by atoms with Gasteiger partial charge in [-0.25, -0.2) is 0 Å². The molecule has 0 bridgehead atoms. The van der Waals surface area contributed by atoms with E-state index in [1.54, 1.807) is 0 Å². The number of rotatable bonds is 15. The fraction of sp³-hybridized carbons (Fsp3) is 1.00. The van der Waals surface area contributed by atoms with Gasteiger partial charge < -0.3 is 15.5 Å². The zero-order chi connectivity index (χ0) is 18.7. The van der Waals surface area contributed by atoms with Gasteiger partial charge in [0.05, 0.1) is 27.7 Å². The molecule has 0 spiro atoms. The van der Waals surface area contributed by atoms with Crippen molar-refractivity contribution < 1.29 is 4.48 Å². The minimum absolute atomic E-state index is 0. The highest BCUT2D eigenvalue weighted by molar-refractivity contribution is 8.93. The van der Waals surface area contributed by atoms with Crippen LogP contribution in [0, 0.1) is 0 Å². The lowest BCUT2D eigenvalue weighted by Crippen LogP contribution is -2.35. The van der Waals surface area contributed by atoms with Gasteiger partial charge in [0.15, 0.2) is 0 Å². The van der Waals surface area contributed by atoms with Crippen molar-refractivity contribution in [3.8, 4) is 0 Å². The van der Waals surface area contributed by atoms with Gasteiger partial charge >= 0.3 is 0 Å². The van der Waals surface area contributed by atoms with E-state index in [2.05, 4.69) is 28.1 Å². The molecule has 0 atom stereocenters. The summed E-state index contributed by atoms with van der Waals surface area (Å²) in [5, 5.41) is 0. The van der Waals surface area contributed by atoms with Crippen molar-refractivity contribution >= 4 is 17.0 Å². The van der Waals surface area contributed by atoms with E-state index in [1.807, 2.05) is 26.0 Å². The standard InChI is InChI=1S/C19H42N.C3H9N.BrH.H3N/c1-5-6-7-8-9-10-11-12-13-14-15-16-17-18-19-20(2,3)4;1-4(2)3;;/h5-19H2,1-4H3;1-3H3;1H;1H3/q+1;;;. The summed E-state index contributed by atoms with van der Waals surface area (Å²) in [5.41, 5.74) is 0. The van der Waals surface area contributed by atoms with Crippen molar-refractivity contribution in [2.24, 2.45) is 0 Å². The quantitative estimate of drug-likeness (QED) is 0.218. The lowest BCUT2D eigenvalue weighted by Gasteiger charge is -2.23. The van der Waals surface area contributed by atoms with E-state index < -0.39 is 0 Å². The molecule has 3 N–H and O–H groups in total. The fourth-order valence-corrected chi connectivity index (χ4v) is 2.78. The second-order valence-corrected chi connectivity index (χ2v) is 8.95. The molecule has 0 rings (SSSR count). The Morgan fingerprint density at radius 1 is 0.538 bits per heavy atom. The highest BCUT2D eigenvalue weighted by Crippen LogP contribution is 2.13. The Morgan fingerprint density at radius 2 is 0.769 bits per heavy atom. The summed E-state index contributed by atoms with van der Waals surface area (Å²) in [5.74, 6) is 0. The van der Waals surface area contributed by atoms with Crippen molar-refractivity contribution in [1.29, 1.82) is 0 Å². The molecule has 0 aromatic rings. The summed E-state index contributed by atoms with van der Waals surface area (Å²) >= 11 is 0. The normalized spacial score (nSPS) is 10.6. The molecule has 0 amide bonds. The van der Waals surface area contributed by atoms with E-state index in [0.29, 0.717) is 0 Å². The number of halogens is 1. The van der Waals surface area contributed by atoms with Gasteiger partial charge in [-0.3, -0.25) is 0 Å². The van der Waals surface area contributed by atoms with Crippen LogP contribution >= 0.6 is 17.0 Å². The highest BCUT2D eigenvalue weighted by Gasteiger charge is 2.04. The van der Waals surface area contributed by atoms with Crippen molar-refractivity contribution in [2.45, 2.75) is 96.8 Å². The third-order valence-corrected chi connectivity index (χ3v) is 4.18. The van der Waals surface area contributed by atoms with Crippen LogP contribution in [-0.4, -0.2) is 58.2 Å². The van der Waals surface area contributed by atoms with Gasteiger partial charge in [-0.2, -0.15) is 0 Å². The monoisotopic (exact) mass is 440 g/mol. The first kappa shape index (κ1) is 33.9. The Balaban J connectivity index is -0.000000363. The van der Waals surface area contributed by atoms with Gasteiger partial charge in [0.25, 0.3) is 0 Å². The predicted octanol–water partition coefficient (Wildman–Crippen LogP) is 7.09. The smallest absolute Gasteiger partial charge is 0.0780 e. The molecule has 0 fully saturated rings. The molecule has 0 unspecified atom stereocenters. The molecular weight excluding hydrogens is 386 g/mol. The van der Waals surface area contributed by atoms with Crippen LogP contribution in [-0.2, 0) is 0 Å². The predicted molar refractivity (Wildman–Crippen MR) is 128 cm³/mol. The van der Waals surface area contributed by atoms with Gasteiger partial charge in [0, 0.05) is 0 Å². The average molecular weight is 442 g/mol. The molecule has 0 saturated heterocycles. The lowest BCUT2D eigenvalue weighted by atomic mass is 10.0. The summed E-state index contributed by atoms with van der Waals surface area (Å²) in [6.07, 6.45) is 20.4. The second-order valence-electron chi connectivity index (χ2n) is 8.95. The lowest BCUT2D eigenvalue weighted by molar-refractivity contribution is -0.870. The summed E-state index contributed by atoms with van der Waals surface area (Å²) in [6, 6.07) is 0. The number of unbranched alkanes of at least 4 members (excludes halogenated alkanes) is 13. The number of hydrogen-bond donors (Lipinski definition) is 1. The minimum atomic E-state index is 0. The molecular formula is C22H55BrN3+. The maximum Gasteiger partial charge on any atom is 0.0780 e. The number of hydrogen-bond acceptors (Lipinski definition) is 2. The summed E-state index contributed by atoms with van der Waals surface area (Å²) in [6.45, 7) is 3.63. The second kappa shape index (κ2) is 25.4. The van der Waals surface area contributed by atoms with E-state index in [0.717, 1.165) is 4.48 Å². The van der Waals surface area contributed by atoms with Crippen LogP contribution in [0.2, 0.25) is 0 Å². The average Bonchev–Trinajstić information content (AvgIpc) is 2.46. The summed E-state index contributed by atoms with van der Waals surface area (Å²) < 4.78 is 1.12. The zero-order valence-corrected chi connectivity index (χ0v) is 21.3. The first-order valence-electron chi connectivity index (χ1n) is 10.7. The van der Waals surface area contributed by atoms with Gasteiger partial charge in [0.1, 0.15) is 0 Å². The summed E-state index contributed by atoms with van der Waals surface area (Å²) in [4.78, 5) is 2.00. The molecule has 164 valence electrons. The molecule has 4 heteroatoms. The van der Waals surface area contributed by atoms with Gasteiger partial charge in [-0.05, 0) is 34.0 Å². The molecule has 0 aliphatic carbocycles. The first-order valence-corrected chi connectivity index (χ1v) is 10.7. The van der Waals surface area contributed by atoms with Crippen molar-refractivity contribution in [3.63, 3.8) is 0 Å². The molecule has 0 saturated carbocycles. The number of nitrogens with zero attached hydrogens (tertiary/aromatic N) is 2. The van der Waals surface area contributed by atoms with Crippen molar-refractivity contribution in [2.75, 3.05) is 48.8 Å². The SMILES string of the molecule is Br.CCCCCCCCCCCCCCCC[N+](C)(C)C.CN(C)C.N. The van der Waals surface area contributed by atoms with Crippen LogP contribution in [0.25, 0.3) is 0 Å². The maximum atomic E-state index is 2.29. The third kappa shape index (κ3) is 44.1. The largest absolute Gasteiger partial charge is 0.344 e. The van der Waals surface area contributed by atoms with E-state index in [-0.39, 0.29) is 23.1 Å². The maximum absolute atomic E-state index is 2.29. The Bertz CT molecular complexity index is 225. The van der Waals surface area contributed by atoms with E-state index >= 15 is 0 Å². The molecule has 0 aromatic heterocycles. The van der Waals surface area contributed by atoms with Crippen LogP contribution in [0.1, 0.15) is 96.8 Å². The Labute approximate surface area is 178 Å². The van der Waals surface area contributed by atoms with E-state index in [4.69, 9.17) is 0 Å². The number of quaternary nitrogens is 1. The molecule has 0 aromatic carbocycles. The molecule has 0 heterocycles. The van der Waals surface area contributed by atoms with E-state index in [9.17, 15) is 0 Å². The third-order valence-electron chi connectivity index (χ3n) is 4.18. The van der Waals surface area contributed by atoms with Crippen molar-refractivity contribution in [3.05, 3.63) is 0 Å². The van der Waals surface area contributed by atoms with E-state index in [1.165, 1.54) is 96.4 Å². The molecule has 3 nitrogen and oxygen atoms in total. The van der Waals surface area contributed by atoms with Crippen LogP contribution in [0.3, 0.4) is 0 Å². The Morgan fingerprint density at radius 3 is 1.00 bits per heavy atom. The Kier molecular flexibility index (Phi) is 33.1. The molecule has 0 aliphatic heterocycles. The molecule has 0 radical (unpaired) electrons. The van der Waals surface area contributed by atoms with Gasteiger partial charge in [-0.15, -0.1) is 17.0 Å². The molecule has 26 heavy (non-hydrogen) atoms. The van der Waals surface area contributed by atoms with Crippen LogP contribution in [0.4, 0.5) is 0 Å². The van der Waals surface area contributed by atoms with Crippen molar-refractivity contribution in [1.82, 2.24) is 11.1 Å². The van der Waals surface area contributed by atoms with Crippen LogP contribution in [0.5, 0.6) is 0 Å². The first-order chi connectivity index (χ1) is 11.3.